The largest absolute Gasteiger partial charge is 0.383 e. The number of nitrogens with zero attached hydrogens (tertiary/aromatic N) is 2. The van der Waals surface area contributed by atoms with Crippen LogP contribution in [0.1, 0.15) is 24.6 Å². The molecule has 2 heterocycles. The van der Waals surface area contributed by atoms with Gasteiger partial charge >= 0.3 is 0 Å². The van der Waals surface area contributed by atoms with Crippen molar-refractivity contribution in [2.45, 2.75) is 31.9 Å². The molecule has 1 saturated heterocycles. The third kappa shape index (κ3) is 4.07. The van der Waals surface area contributed by atoms with Crippen molar-refractivity contribution in [3.05, 3.63) is 11.7 Å². The van der Waals surface area contributed by atoms with Gasteiger partial charge in [0.1, 0.15) is 0 Å². The summed E-state index contributed by atoms with van der Waals surface area (Å²) in [6.45, 7) is 2.90. The van der Waals surface area contributed by atoms with E-state index in [1.165, 1.54) is 0 Å². The lowest BCUT2D eigenvalue weighted by Crippen LogP contribution is -2.18. The minimum Gasteiger partial charge on any atom is -0.383 e. The van der Waals surface area contributed by atoms with E-state index in [4.69, 9.17) is 14.0 Å². The second-order valence-corrected chi connectivity index (χ2v) is 4.11. The highest BCUT2D eigenvalue weighted by Gasteiger charge is 2.18. The summed E-state index contributed by atoms with van der Waals surface area (Å²) >= 11 is 0. The highest BCUT2D eigenvalue weighted by atomic mass is 16.5. The normalized spacial score (nSPS) is 19.9. The molecule has 6 nitrogen and oxygen atoms in total. The molecule has 0 aliphatic carbocycles. The predicted molar refractivity (Wildman–Crippen MR) is 60.6 cm³/mol. The third-order valence-electron chi connectivity index (χ3n) is 2.70. The van der Waals surface area contributed by atoms with E-state index in [2.05, 4.69) is 15.5 Å². The molecule has 0 saturated carbocycles. The van der Waals surface area contributed by atoms with Crippen molar-refractivity contribution < 1.29 is 14.0 Å². The van der Waals surface area contributed by atoms with Gasteiger partial charge in [-0.1, -0.05) is 5.16 Å². The van der Waals surface area contributed by atoms with Crippen LogP contribution in [0, 0.1) is 0 Å². The number of ether oxygens (including phenoxy) is 2. The van der Waals surface area contributed by atoms with Crippen LogP contribution in [0.15, 0.2) is 4.52 Å². The summed E-state index contributed by atoms with van der Waals surface area (Å²) in [7, 11) is 1.67. The van der Waals surface area contributed by atoms with E-state index < -0.39 is 0 Å². The first-order valence-electron chi connectivity index (χ1n) is 6.01. The maximum absolute atomic E-state index is 5.53. The van der Waals surface area contributed by atoms with Crippen LogP contribution in [0.3, 0.4) is 0 Å². The Bertz CT molecular complexity index is 324. The number of hydrogen-bond donors (Lipinski definition) is 1. The van der Waals surface area contributed by atoms with Crippen LogP contribution in [0.25, 0.3) is 0 Å². The smallest absolute Gasteiger partial charge is 0.240 e. The lowest BCUT2D eigenvalue weighted by Gasteiger charge is -2.03. The summed E-state index contributed by atoms with van der Waals surface area (Å²) < 4.78 is 15.6. The molecule has 1 unspecified atom stereocenters. The van der Waals surface area contributed by atoms with E-state index in [0.29, 0.717) is 19.0 Å². The molecule has 17 heavy (non-hydrogen) atoms. The first kappa shape index (κ1) is 12.5. The number of methoxy groups -OCH3 is 1. The molecular formula is C11H19N3O3. The lowest BCUT2D eigenvalue weighted by molar-refractivity contribution is 0.109. The molecule has 1 atom stereocenters. The quantitative estimate of drug-likeness (QED) is 0.702. The van der Waals surface area contributed by atoms with E-state index >= 15 is 0 Å². The first-order chi connectivity index (χ1) is 8.38. The zero-order chi connectivity index (χ0) is 11.9. The summed E-state index contributed by atoms with van der Waals surface area (Å²) in [5.74, 6) is 1.36. The van der Waals surface area contributed by atoms with Gasteiger partial charge in [-0.2, -0.15) is 4.98 Å². The van der Waals surface area contributed by atoms with E-state index in [1.54, 1.807) is 7.11 Å². The summed E-state index contributed by atoms with van der Waals surface area (Å²) in [6.07, 6.45) is 3.24. The van der Waals surface area contributed by atoms with Crippen molar-refractivity contribution in [3.8, 4) is 0 Å². The molecule has 0 bridgehead atoms. The van der Waals surface area contributed by atoms with Gasteiger partial charge in [0.2, 0.25) is 5.89 Å². The van der Waals surface area contributed by atoms with Crippen molar-refractivity contribution in [1.82, 2.24) is 15.5 Å². The topological polar surface area (TPSA) is 69.4 Å². The average Bonchev–Trinajstić information content (AvgIpc) is 2.97. The lowest BCUT2D eigenvalue weighted by atomic mass is 10.2. The summed E-state index contributed by atoms with van der Waals surface area (Å²) in [5, 5.41) is 7.10. The van der Waals surface area contributed by atoms with Gasteiger partial charge in [0, 0.05) is 26.7 Å². The molecule has 1 aliphatic rings. The van der Waals surface area contributed by atoms with Gasteiger partial charge in [-0.05, 0) is 12.8 Å². The van der Waals surface area contributed by atoms with Gasteiger partial charge in [0.25, 0.3) is 0 Å². The fourth-order valence-corrected chi connectivity index (χ4v) is 1.82. The summed E-state index contributed by atoms with van der Waals surface area (Å²) in [5.41, 5.74) is 0. The monoisotopic (exact) mass is 241 g/mol. The van der Waals surface area contributed by atoms with Crippen molar-refractivity contribution in [2.75, 3.05) is 26.9 Å². The van der Waals surface area contributed by atoms with E-state index in [9.17, 15) is 0 Å². The first-order valence-corrected chi connectivity index (χ1v) is 6.01. The van der Waals surface area contributed by atoms with Gasteiger partial charge in [-0.3, -0.25) is 0 Å². The molecule has 0 amide bonds. The van der Waals surface area contributed by atoms with Crippen LogP contribution < -0.4 is 5.32 Å². The van der Waals surface area contributed by atoms with Gasteiger partial charge in [-0.15, -0.1) is 0 Å². The predicted octanol–water partition coefficient (Wildman–Crippen LogP) is 0.527. The Morgan fingerprint density at radius 3 is 3.24 bits per heavy atom. The van der Waals surface area contributed by atoms with Gasteiger partial charge in [0.05, 0.1) is 19.3 Å². The van der Waals surface area contributed by atoms with Crippen molar-refractivity contribution in [2.24, 2.45) is 0 Å². The van der Waals surface area contributed by atoms with Crippen LogP contribution in [-0.4, -0.2) is 43.1 Å². The molecule has 6 heteroatoms. The van der Waals surface area contributed by atoms with Crippen LogP contribution >= 0.6 is 0 Å². The number of nitrogens with one attached hydrogen (secondary N) is 1. The molecule has 96 valence electrons. The second kappa shape index (κ2) is 6.68. The van der Waals surface area contributed by atoms with E-state index in [-0.39, 0.29) is 6.10 Å². The Labute approximate surface area is 101 Å². The Hall–Kier alpha value is -0.980. The van der Waals surface area contributed by atoms with E-state index in [0.717, 1.165) is 38.2 Å². The number of rotatable bonds is 7. The zero-order valence-corrected chi connectivity index (χ0v) is 10.1. The SMILES string of the molecule is COCCNCc1nc(CC2CCCO2)no1. The van der Waals surface area contributed by atoms with Crippen molar-refractivity contribution in [3.63, 3.8) is 0 Å². The third-order valence-corrected chi connectivity index (χ3v) is 2.70. The number of aromatic nitrogens is 2. The number of hydrogen-bond acceptors (Lipinski definition) is 6. The Balaban J connectivity index is 1.71. The highest BCUT2D eigenvalue weighted by Crippen LogP contribution is 2.15. The van der Waals surface area contributed by atoms with Crippen LogP contribution in [0.2, 0.25) is 0 Å². The van der Waals surface area contributed by atoms with Crippen LogP contribution in [-0.2, 0) is 22.4 Å². The average molecular weight is 241 g/mol. The standard InChI is InChI=1S/C11H19N3O3/c1-15-6-4-12-8-11-13-10(14-17-11)7-9-3-2-5-16-9/h9,12H,2-8H2,1H3. The molecule has 2 rings (SSSR count). The molecular weight excluding hydrogens is 222 g/mol. The molecule has 1 aromatic heterocycles. The fraction of sp³-hybridized carbons (Fsp3) is 0.818. The van der Waals surface area contributed by atoms with Crippen LogP contribution in [0.5, 0.6) is 0 Å². The molecule has 0 aromatic carbocycles. The second-order valence-electron chi connectivity index (χ2n) is 4.11. The molecule has 0 spiro atoms. The van der Waals surface area contributed by atoms with Gasteiger partial charge in [0.15, 0.2) is 5.82 Å². The van der Waals surface area contributed by atoms with Gasteiger partial charge in [-0.25, -0.2) is 0 Å². The summed E-state index contributed by atoms with van der Waals surface area (Å²) in [4.78, 5) is 4.31. The Kier molecular flexibility index (Phi) is 4.90. The molecule has 1 N–H and O–H groups in total. The molecule has 1 aromatic rings. The van der Waals surface area contributed by atoms with Crippen molar-refractivity contribution in [1.29, 1.82) is 0 Å². The van der Waals surface area contributed by atoms with E-state index in [1.807, 2.05) is 0 Å². The van der Waals surface area contributed by atoms with Crippen LogP contribution in [0.4, 0.5) is 0 Å². The molecule has 1 fully saturated rings. The summed E-state index contributed by atoms with van der Waals surface area (Å²) in [6, 6.07) is 0. The zero-order valence-electron chi connectivity index (χ0n) is 10.1. The highest BCUT2D eigenvalue weighted by molar-refractivity contribution is 4.89. The maximum atomic E-state index is 5.53. The Morgan fingerprint density at radius 2 is 2.47 bits per heavy atom. The minimum atomic E-state index is 0.266. The fourth-order valence-electron chi connectivity index (χ4n) is 1.82. The molecule has 1 aliphatic heterocycles. The maximum Gasteiger partial charge on any atom is 0.240 e. The van der Waals surface area contributed by atoms with Crippen molar-refractivity contribution >= 4 is 0 Å². The Morgan fingerprint density at radius 1 is 1.53 bits per heavy atom. The molecule has 0 radical (unpaired) electrons. The minimum absolute atomic E-state index is 0.266. The van der Waals surface area contributed by atoms with Gasteiger partial charge < -0.3 is 19.3 Å².